The zero-order valence-electron chi connectivity index (χ0n) is 33.4. The molecule has 13 rings (SSSR count). The maximum atomic E-state index is 5.35. The molecule has 0 amide bonds. The Labute approximate surface area is 357 Å². The smallest absolute Gasteiger partial charge is 0.240 e. The van der Waals surface area contributed by atoms with Crippen LogP contribution in [0.25, 0.3) is 123 Å². The van der Waals surface area contributed by atoms with Crippen LogP contribution in [0.5, 0.6) is 0 Å². The van der Waals surface area contributed by atoms with Crippen molar-refractivity contribution in [1.29, 1.82) is 0 Å². The van der Waals surface area contributed by atoms with Crippen molar-refractivity contribution in [1.82, 2.24) is 24.1 Å². The van der Waals surface area contributed by atoms with Crippen molar-refractivity contribution in [2.45, 2.75) is 0 Å². The quantitative estimate of drug-likeness (QED) is 0.178. The van der Waals surface area contributed by atoms with Gasteiger partial charge in [0.2, 0.25) is 11.9 Å². The van der Waals surface area contributed by atoms with Crippen molar-refractivity contribution >= 4 is 43.6 Å². The Kier molecular flexibility index (Phi) is 7.54. The van der Waals surface area contributed by atoms with Gasteiger partial charge in [-0.2, -0.15) is 15.0 Å². The van der Waals surface area contributed by atoms with Crippen molar-refractivity contribution in [3.8, 4) is 78.9 Å². The third-order valence-corrected chi connectivity index (χ3v) is 12.6. The zero-order chi connectivity index (χ0) is 40.7. The lowest BCUT2D eigenvalue weighted by molar-refractivity contribution is 0.893. The highest BCUT2D eigenvalue weighted by Crippen LogP contribution is 2.48. The van der Waals surface area contributed by atoms with Crippen molar-refractivity contribution in [2.75, 3.05) is 0 Å². The lowest BCUT2D eigenvalue weighted by atomic mass is 9.80. The largest absolute Gasteiger partial charge is 0.278 e. The van der Waals surface area contributed by atoms with Gasteiger partial charge < -0.3 is 0 Å². The predicted molar refractivity (Wildman–Crippen MR) is 255 cm³/mol. The summed E-state index contributed by atoms with van der Waals surface area (Å²) in [4.78, 5) is 16.0. The molecule has 1 aliphatic carbocycles. The molecule has 3 heterocycles. The third-order valence-electron chi connectivity index (χ3n) is 12.6. The molecule has 0 saturated carbocycles. The van der Waals surface area contributed by atoms with Gasteiger partial charge in [-0.1, -0.05) is 176 Å². The number of aromatic nitrogens is 5. The van der Waals surface area contributed by atoms with Crippen LogP contribution in [-0.2, 0) is 0 Å². The van der Waals surface area contributed by atoms with E-state index in [1.54, 1.807) is 0 Å². The maximum Gasteiger partial charge on any atom is 0.240 e. The molecule has 0 saturated heterocycles. The lowest BCUT2D eigenvalue weighted by Crippen LogP contribution is -2.10. The van der Waals surface area contributed by atoms with E-state index in [-0.39, 0.29) is 0 Å². The van der Waals surface area contributed by atoms with E-state index >= 15 is 0 Å². The number of hydrogen-bond donors (Lipinski definition) is 0. The van der Waals surface area contributed by atoms with Crippen LogP contribution < -0.4 is 0 Å². The van der Waals surface area contributed by atoms with Crippen molar-refractivity contribution < 1.29 is 0 Å². The number of benzene rings is 9. The minimum atomic E-state index is 0.561. The first-order valence-electron chi connectivity index (χ1n) is 21.0. The molecule has 0 fully saturated rings. The lowest BCUT2D eigenvalue weighted by Gasteiger charge is -2.23. The fourth-order valence-electron chi connectivity index (χ4n) is 9.84. The molecule has 62 heavy (non-hydrogen) atoms. The Balaban J connectivity index is 1.03. The van der Waals surface area contributed by atoms with Crippen molar-refractivity contribution in [2.24, 2.45) is 0 Å². The van der Waals surface area contributed by atoms with Crippen molar-refractivity contribution in [3.63, 3.8) is 0 Å². The highest BCUT2D eigenvalue weighted by atomic mass is 15.3. The summed E-state index contributed by atoms with van der Waals surface area (Å²) >= 11 is 0. The minimum Gasteiger partial charge on any atom is -0.278 e. The van der Waals surface area contributed by atoms with E-state index in [0.29, 0.717) is 17.7 Å². The molecule has 288 valence electrons. The molecule has 12 aromatic rings. The second-order valence-corrected chi connectivity index (χ2v) is 16.0. The fourth-order valence-corrected chi connectivity index (χ4v) is 9.84. The van der Waals surface area contributed by atoms with Gasteiger partial charge >= 0.3 is 0 Å². The summed E-state index contributed by atoms with van der Waals surface area (Å²) < 4.78 is 4.36. The van der Waals surface area contributed by atoms with Crippen LogP contribution in [0.4, 0.5) is 0 Å². The van der Waals surface area contributed by atoms with Gasteiger partial charge in [-0.05, 0) is 92.0 Å². The third kappa shape index (κ3) is 5.18. The Bertz CT molecular complexity index is 3530. The average Bonchev–Trinajstić information content (AvgIpc) is 3.87. The van der Waals surface area contributed by atoms with E-state index in [9.17, 15) is 0 Å². The van der Waals surface area contributed by atoms with Gasteiger partial charge in [0, 0.05) is 27.1 Å². The molecule has 0 radical (unpaired) electrons. The Hall–Kier alpha value is -8.41. The predicted octanol–water partition coefficient (Wildman–Crippen LogP) is 14.4. The standard InChI is InChI=1S/C57H35N5/c1-2-19-40-39(18-1)41-20-3-4-22-43(41)45-33-32-37(35-50(45)44-23-6-5-21-42(40)44)36-16-15-17-38(34-36)55-58-56(61-51-28-11-7-24-46(51)47-25-8-12-29-52(47)61)60-57(59-55)62-53-30-13-9-26-48(53)49-27-10-14-31-54(49)62/h1-35H. The number of rotatable bonds is 4. The molecule has 1 aliphatic rings. The maximum absolute atomic E-state index is 5.35. The Morgan fingerprint density at radius 1 is 0.242 bits per heavy atom. The van der Waals surface area contributed by atoms with Gasteiger partial charge in [0.25, 0.3) is 0 Å². The summed E-state index contributed by atoms with van der Waals surface area (Å²) in [5, 5.41) is 4.60. The van der Waals surface area contributed by atoms with Crippen LogP contribution in [0.2, 0.25) is 0 Å². The van der Waals surface area contributed by atoms with Crippen LogP contribution in [0.3, 0.4) is 0 Å². The van der Waals surface area contributed by atoms with E-state index in [0.717, 1.165) is 60.3 Å². The highest BCUT2D eigenvalue weighted by molar-refractivity contribution is 6.10. The minimum absolute atomic E-state index is 0.561. The van der Waals surface area contributed by atoms with Gasteiger partial charge in [0.05, 0.1) is 22.1 Å². The second kappa shape index (κ2) is 13.6. The number of para-hydroxylation sites is 4. The van der Waals surface area contributed by atoms with E-state index in [2.05, 4.69) is 221 Å². The Morgan fingerprint density at radius 3 is 1.02 bits per heavy atom. The van der Waals surface area contributed by atoms with E-state index in [1.807, 2.05) is 0 Å². The SMILES string of the molecule is c1cc(-c2ccc3c(c2)-c2ccccc2-c2ccccc2-c2ccccc2-3)cc(-c2nc(-n3c4ccccc4c4ccccc43)nc(-n3c4ccccc4c4ccccc43)n2)c1. The summed E-state index contributed by atoms with van der Waals surface area (Å²) in [7, 11) is 0. The molecule has 5 nitrogen and oxygen atoms in total. The van der Waals surface area contributed by atoms with Gasteiger partial charge in [-0.25, -0.2) is 0 Å². The molecule has 5 heteroatoms. The van der Waals surface area contributed by atoms with E-state index < -0.39 is 0 Å². The van der Waals surface area contributed by atoms with Gasteiger partial charge in [0.15, 0.2) is 5.82 Å². The van der Waals surface area contributed by atoms with Crippen LogP contribution in [0.15, 0.2) is 212 Å². The number of fused-ring (bicyclic) bond motifs is 14. The molecule has 0 atom stereocenters. The molecule has 0 aliphatic heterocycles. The summed E-state index contributed by atoms with van der Waals surface area (Å²) in [6.45, 7) is 0. The zero-order valence-corrected chi connectivity index (χ0v) is 33.4. The molecule has 0 spiro atoms. The van der Waals surface area contributed by atoms with Crippen molar-refractivity contribution in [3.05, 3.63) is 212 Å². The van der Waals surface area contributed by atoms with Crippen LogP contribution in [0, 0.1) is 0 Å². The second-order valence-electron chi connectivity index (χ2n) is 16.0. The molecule has 0 bridgehead atoms. The molecule has 0 unspecified atom stereocenters. The van der Waals surface area contributed by atoms with Gasteiger partial charge in [-0.3, -0.25) is 9.13 Å². The Morgan fingerprint density at radius 2 is 0.581 bits per heavy atom. The molecule has 9 aromatic carbocycles. The molecular weight excluding hydrogens is 755 g/mol. The first-order chi connectivity index (χ1) is 30.8. The van der Waals surface area contributed by atoms with Crippen LogP contribution in [-0.4, -0.2) is 24.1 Å². The number of nitrogens with zero attached hydrogens (tertiary/aromatic N) is 5. The first kappa shape index (κ1) is 34.5. The molecular formula is C57H35N5. The summed E-state index contributed by atoms with van der Waals surface area (Å²) in [6.07, 6.45) is 0. The monoisotopic (exact) mass is 789 g/mol. The highest BCUT2D eigenvalue weighted by Gasteiger charge is 2.23. The summed E-state index contributed by atoms with van der Waals surface area (Å²) in [5.74, 6) is 1.72. The molecule has 3 aromatic heterocycles. The fraction of sp³-hybridized carbons (Fsp3) is 0. The topological polar surface area (TPSA) is 48.5 Å². The normalized spacial score (nSPS) is 11.9. The molecule has 0 N–H and O–H groups in total. The summed E-state index contributed by atoms with van der Waals surface area (Å²) in [6, 6.07) is 75.9. The van der Waals surface area contributed by atoms with E-state index in [1.165, 1.54) is 44.5 Å². The van der Waals surface area contributed by atoms with Gasteiger partial charge in [-0.15, -0.1) is 0 Å². The van der Waals surface area contributed by atoms with E-state index in [4.69, 9.17) is 15.0 Å². The van der Waals surface area contributed by atoms with Crippen LogP contribution in [0.1, 0.15) is 0 Å². The summed E-state index contributed by atoms with van der Waals surface area (Å²) in [5.41, 5.74) is 17.1. The average molecular weight is 790 g/mol. The van der Waals surface area contributed by atoms with Gasteiger partial charge in [0.1, 0.15) is 0 Å². The van der Waals surface area contributed by atoms with Crippen LogP contribution >= 0.6 is 0 Å². The number of hydrogen-bond acceptors (Lipinski definition) is 3. The first-order valence-corrected chi connectivity index (χ1v) is 21.0.